The van der Waals surface area contributed by atoms with E-state index in [-0.39, 0.29) is 35.6 Å². The number of hydrogen-bond donors (Lipinski definition) is 1. The molecule has 188 valence electrons. The summed E-state index contributed by atoms with van der Waals surface area (Å²) in [5.41, 5.74) is 4.27. The van der Waals surface area contributed by atoms with Crippen LogP contribution in [0.5, 0.6) is 0 Å². The first-order valence-electron chi connectivity index (χ1n) is 12.6. The van der Waals surface area contributed by atoms with Gasteiger partial charge in [0.25, 0.3) is 0 Å². The monoisotopic (exact) mass is 506 g/mol. The lowest BCUT2D eigenvalue weighted by Gasteiger charge is -2.22. The molecule has 0 spiro atoms. The van der Waals surface area contributed by atoms with E-state index < -0.39 is 0 Å². The quantitative estimate of drug-likeness (QED) is 0.514. The number of fused-ring (bicyclic) bond motifs is 2. The first kappa shape index (κ1) is 23.4. The van der Waals surface area contributed by atoms with Crippen molar-refractivity contribution in [2.45, 2.75) is 39.8 Å². The molecule has 4 atom stereocenters. The third-order valence-corrected chi connectivity index (χ3v) is 8.82. The molecule has 1 saturated carbocycles. The molecular formula is C27H31ClN6O2. The van der Waals surface area contributed by atoms with Gasteiger partial charge in [-0.05, 0) is 48.2 Å². The van der Waals surface area contributed by atoms with E-state index in [0.29, 0.717) is 17.0 Å². The summed E-state index contributed by atoms with van der Waals surface area (Å²) in [5, 5.41) is 8.51. The number of likely N-dealkylation sites (tertiary alicyclic amines) is 1. The van der Waals surface area contributed by atoms with Crippen molar-refractivity contribution in [1.82, 2.24) is 24.8 Å². The number of carbonyl (C=O) groups excluding carboxylic acids is 2. The Balaban J connectivity index is 1.35. The van der Waals surface area contributed by atoms with Gasteiger partial charge in [-0.15, -0.1) is 0 Å². The summed E-state index contributed by atoms with van der Waals surface area (Å²) < 4.78 is 1.77. The number of piperidine rings is 1. The van der Waals surface area contributed by atoms with E-state index in [1.807, 2.05) is 45.3 Å². The highest BCUT2D eigenvalue weighted by molar-refractivity contribution is 6.31. The number of benzene rings is 1. The van der Waals surface area contributed by atoms with Crippen LogP contribution in [0.15, 0.2) is 36.8 Å². The number of nitrogens with zero attached hydrogens (tertiary/aromatic N) is 5. The molecule has 0 radical (unpaired) electrons. The van der Waals surface area contributed by atoms with Crippen LogP contribution in [0.1, 0.15) is 32.8 Å². The van der Waals surface area contributed by atoms with E-state index in [2.05, 4.69) is 33.3 Å². The molecule has 2 amide bonds. The van der Waals surface area contributed by atoms with Gasteiger partial charge in [-0.1, -0.05) is 38.8 Å². The normalized spacial score (nSPS) is 26.8. The molecule has 6 rings (SSSR count). The molecule has 1 N–H and O–H groups in total. The van der Waals surface area contributed by atoms with Crippen molar-refractivity contribution >= 4 is 34.6 Å². The minimum absolute atomic E-state index is 0.0627. The Labute approximate surface area is 215 Å². The predicted molar refractivity (Wildman–Crippen MR) is 139 cm³/mol. The van der Waals surface area contributed by atoms with Gasteiger partial charge < -0.3 is 10.2 Å². The maximum atomic E-state index is 12.9. The molecule has 2 saturated heterocycles. The second kappa shape index (κ2) is 8.28. The zero-order valence-corrected chi connectivity index (χ0v) is 21.8. The highest BCUT2D eigenvalue weighted by Crippen LogP contribution is 2.63. The van der Waals surface area contributed by atoms with Crippen molar-refractivity contribution in [3.05, 3.63) is 47.4 Å². The zero-order chi connectivity index (χ0) is 25.4. The molecule has 36 heavy (non-hydrogen) atoms. The van der Waals surface area contributed by atoms with Crippen LogP contribution >= 0.6 is 11.6 Å². The summed E-state index contributed by atoms with van der Waals surface area (Å²) in [7, 11) is 2.02. The molecule has 3 fully saturated rings. The average Bonchev–Trinajstić information content (AvgIpc) is 3.23. The Morgan fingerprint density at radius 2 is 1.89 bits per heavy atom. The highest BCUT2D eigenvalue weighted by Gasteiger charge is 2.72. The van der Waals surface area contributed by atoms with Gasteiger partial charge in [0.15, 0.2) is 0 Å². The van der Waals surface area contributed by atoms with Crippen LogP contribution < -0.4 is 10.2 Å². The smallest absolute Gasteiger partial charge is 0.233 e. The van der Waals surface area contributed by atoms with Gasteiger partial charge in [0.2, 0.25) is 11.8 Å². The van der Waals surface area contributed by atoms with Crippen molar-refractivity contribution in [2.24, 2.45) is 23.2 Å². The second-order valence-electron chi connectivity index (χ2n) is 11.0. The lowest BCUT2D eigenvalue weighted by molar-refractivity contribution is -0.143. The van der Waals surface area contributed by atoms with Crippen LogP contribution in [0.25, 0.3) is 16.8 Å². The second-order valence-corrected chi connectivity index (χ2v) is 11.4. The van der Waals surface area contributed by atoms with Crippen LogP contribution in [0.2, 0.25) is 5.02 Å². The maximum Gasteiger partial charge on any atom is 0.233 e. The minimum atomic E-state index is -0.212. The Morgan fingerprint density at radius 3 is 2.56 bits per heavy atom. The summed E-state index contributed by atoms with van der Waals surface area (Å²) in [6.07, 6.45) is 4.52. The number of halogens is 1. The Morgan fingerprint density at radius 1 is 1.14 bits per heavy atom. The fourth-order valence-corrected chi connectivity index (χ4v) is 6.57. The zero-order valence-electron chi connectivity index (χ0n) is 21.0. The number of amides is 2. The summed E-state index contributed by atoms with van der Waals surface area (Å²) >= 11 is 6.47. The van der Waals surface area contributed by atoms with Crippen molar-refractivity contribution in [3.63, 3.8) is 0 Å². The molecule has 4 heterocycles. The van der Waals surface area contributed by atoms with E-state index in [9.17, 15) is 9.59 Å². The minimum Gasteiger partial charge on any atom is -0.369 e. The Bertz CT molecular complexity index is 1350. The van der Waals surface area contributed by atoms with Crippen LogP contribution in [0.4, 0.5) is 5.69 Å². The number of likely N-dealkylation sites (N-methyl/N-ethyl adjacent to an activating group) is 1. The molecule has 3 aliphatic rings. The Kier molecular flexibility index (Phi) is 5.39. The average molecular weight is 507 g/mol. The number of rotatable bonds is 6. The Hall–Kier alpha value is -2.97. The van der Waals surface area contributed by atoms with Crippen LogP contribution in [-0.2, 0) is 16.1 Å². The highest BCUT2D eigenvalue weighted by atomic mass is 35.5. The number of imide groups is 1. The van der Waals surface area contributed by atoms with Gasteiger partial charge in [0, 0.05) is 41.6 Å². The van der Waals surface area contributed by atoms with Crippen LogP contribution in [0.3, 0.4) is 0 Å². The van der Waals surface area contributed by atoms with Gasteiger partial charge in [-0.3, -0.25) is 14.5 Å². The topological polar surface area (TPSA) is 82.8 Å². The van der Waals surface area contributed by atoms with Gasteiger partial charge in [-0.2, -0.15) is 5.10 Å². The number of nitrogens with one attached hydrogen (secondary N) is 1. The van der Waals surface area contributed by atoms with Crippen molar-refractivity contribution in [3.8, 4) is 11.3 Å². The number of aromatic nitrogens is 3. The molecular weight excluding hydrogens is 476 g/mol. The molecule has 8 nitrogen and oxygen atoms in total. The van der Waals surface area contributed by atoms with Crippen molar-refractivity contribution < 1.29 is 9.59 Å². The summed E-state index contributed by atoms with van der Waals surface area (Å²) in [6, 6.07) is 8.36. The van der Waals surface area contributed by atoms with Crippen molar-refractivity contribution in [1.29, 1.82) is 0 Å². The molecule has 1 aromatic carbocycles. The van der Waals surface area contributed by atoms with E-state index in [4.69, 9.17) is 11.6 Å². The predicted octanol–water partition coefficient (Wildman–Crippen LogP) is 3.62. The largest absolute Gasteiger partial charge is 0.369 e. The van der Waals surface area contributed by atoms with Crippen LogP contribution in [0, 0.1) is 23.2 Å². The van der Waals surface area contributed by atoms with Gasteiger partial charge >= 0.3 is 0 Å². The fraction of sp³-hybridized carbons (Fsp3) is 0.481. The first-order valence-corrected chi connectivity index (χ1v) is 13.0. The van der Waals surface area contributed by atoms with Gasteiger partial charge in [0.1, 0.15) is 6.33 Å². The fourth-order valence-electron chi connectivity index (χ4n) is 6.40. The van der Waals surface area contributed by atoms with E-state index in [1.54, 1.807) is 4.52 Å². The molecule has 9 heteroatoms. The molecule has 2 aromatic heterocycles. The van der Waals surface area contributed by atoms with E-state index in [1.165, 1.54) is 11.2 Å². The third-order valence-electron chi connectivity index (χ3n) is 8.59. The number of carbonyl (C=O) groups is 2. The number of anilines is 1. The summed E-state index contributed by atoms with van der Waals surface area (Å²) in [5.74, 6) is 0.0793. The molecule has 4 unspecified atom stereocenters. The lowest BCUT2D eigenvalue weighted by atomic mass is 10.0. The molecule has 0 bridgehead atoms. The lowest BCUT2D eigenvalue weighted by Crippen LogP contribution is -2.35. The number of hydrogen-bond acceptors (Lipinski definition) is 6. The van der Waals surface area contributed by atoms with Crippen molar-refractivity contribution in [2.75, 3.05) is 25.0 Å². The molecule has 3 aromatic rings. The first-order chi connectivity index (χ1) is 17.2. The SMILES string of the molecule is CCC1CN(c2ccc(Cl)cc2-c2ncnn3cc(CN4C(=O)C5C(C4=O)C5(C)C)cc23)CC1NC. The summed E-state index contributed by atoms with van der Waals surface area (Å²) in [4.78, 5) is 34.2. The van der Waals surface area contributed by atoms with E-state index >= 15 is 0 Å². The van der Waals surface area contributed by atoms with Gasteiger partial charge in [0.05, 0.1) is 29.6 Å². The maximum absolute atomic E-state index is 12.9. The molecule has 1 aliphatic carbocycles. The summed E-state index contributed by atoms with van der Waals surface area (Å²) in [6.45, 7) is 8.35. The third kappa shape index (κ3) is 3.45. The van der Waals surface area contributed by atoms with E-state index in [0.717, 1.165) is 47.5 Å². The standard InChI is InChI=1S/C27H31ClN6O2/c1-5-16-12-32(13-19(16)29-4)20-7-6-17(28)9-18(20)24-21-8-15(11-34(21)31-14-30-24)10-33-25(35)22-23(26(33)36)27(22,2)3/h6-9,11,14,16,19,22-23,29H,5,10,12-13H2,1-4H3. The van der Waals surface area contributed by atoms with Gasteiger partial charge in [-0.25, -0.2) is 9.50 Å². The van der Waals surface area contributed by atoms with Crippen LogP contribution in [-0.4, -0.2) is 57.5 Å². The molecule has 2 aliphatic heterocycles.